The van der Waals surface area contributed by atoms with Crippen molar-refractivity contribution in [3.63, 3.8) is 0 Å². The summed E-state index contributed by atoms with van der Waals surface area (Å²) in [5.41, 5.74) is 1.32. The number of rotatable bonds is 2. The molecular weight excluding hydrogens is 357 g/mol. The van der Waals surface area contributed by atoms with Crippen LogP contribution in [0.2, 0.25) is 5.15 Å². The van der Waals surface area contributed by atoms with Crippen molar-refractivity contribution >= 4 is 39.0 Å². The molecule has 1 aromatic carbocycles. The van der Waals surface area contributed by atoms with Crippen LogP contribution in [-0.2, 0) is 5.41 Å². The molecule has 0 aliphatic rings. The number of aryl methyl sites for hydroxylation is 1. The Kier molecular flexibility index (Phi) is 4.54. The molecule has 0 radical (unpaired) electrons. The molecule has 0 saturated carbocycles. The molecule has 6 heteroatoms. The highest BCUT2D eigenvalue weighted by molar-refractivity contribution is 9.10. The van der Waals surface area contributed by atoms with Crippen LogP contribution in [0.1, 0.15) is 32.2 Å². The second-order valence-corrected chi connectivity index (χ2v) is 7.10. The van der Waals surface area contributed by atoms with Crippen LogP contribution in [0, 0.1) is 12.7 Å². The van der Waals surface area contributed by atoms with E-state index < -0.39 is 0 Å². The zero-order valence-electron chi connectivity index (χ0n) is 12.3. The summed E-state index contributed by atoms with van der Waals surface area (Å²) in [6, 6.07) is 4.76. The van der Waals surface area contributed by atoms with Gasteiger partial charge in [-0.05, 0) is 40.5 Å². The van der Waals surface area contributed by atoms with Gasteiger partial charge in [0.25, 0.3) is 0 Å². The number of benzene rings is 1. The largest absolute Gasteiger partial charge is 0.340 e. The molecule has 0 amide bonds. The number of anilines is 2. The molecule has 0 unspecified atom stereocenters. The van der Waals surface area contributed by atoms with E-state index in [4.69, 9.17) is 11.6 Å². The van der Waals surface area contributed by atoms with E-state index in [2.05, 4.69) is 31.2 Å². The van der Waals surface area contributed by atoms with Crippen LogP contribution in [0.15, 0.2) is 22.7 Å². The van der Waals surface area contributed by atoms with Crippen LogP contribution in [0.5, 0.6) is 0 Å². The average molecular weight is 373 g/mol. The molecule has 2 rings (SSSR count). The molecule has 0 fully saturated rings. The van der Waals surface area contributed by atoms with Gasteiger partial charge >= 0.3 is 0 Å². The van der Waals surface area contributed by atoms with E-state index in [0.29, 0.717) is 27.0 Å². The van der Waals surface area contributed by atoms with Gasteiger partial charge < -0.3 is 5.32 Å². The molecular formula is C15H16BrClFN3. The number of aromatic nitrogens is 2. The van der Waals surface area contributed by atoms with Crippen LogP contribution in [0.3, 0.4) is 0 Å². The van der Waals surface area contributed by atoms with Crippen molar-refractivity contribution in [2.45, 2.75) is 33.1 Å². The number of nitrogens with zero attached hydrogens (tertiary/aromatic N) is 2. The van der Waals surface area contributed by atoms with Gasteiger partial charge in [0.15, 0.2) is 0 Å². The number of nitrogens with one attached hydrogen (secondary N) is 1. The van der Waals surface area contributed by atoms with Gasteiger partial charge in [-0.3, -0.25) is 0 Å². The Balaban J connectivity index is 2.40. The molecule has 21 heavy (non-hydrogen) atoms. The lowest BCUT2D eigenvalue weighted by Crippen LogP contribution is -2.16. The van der Waals surface area contributed by atoms with Crippen LogP contribution >= 0.6 is 27.5 Å². The van der Waals surface area contributed by atoms with E-state index in [9.17, 15) is 4.39 Å². The van der Waals surface area contributed by atoms with Gasteiger partial charge in [0.2, 0.25) is 0 Å². The van der Waals surface area contributed by atoms with Gasteiger partial charge in [-0.2, -0.15) is 0 Å². The molecule has 0 aliphatic heterocycles. The quantitative estimate of drug-likeness (QED) is 0.719. The van der Waals surface area contributed by atoms with Crippen LogP contribution in [0.25, 0.3) is 0 Å². The maximum Gasteiger partial charge on any atom is 0.139 e. The highest BCUT2D eigenvalue weighted by Gasteiger charge is 2.19. The fourth-order valence-corrected chi connectivity index (χ4v) is 2.38. The fraction of sp³-hybridized carbons (Fsp3) is 0.333. The predicted molar refractivity (Wildman–Crippen MR) is 87.9 cm³/mol. The fourth-order valence-electron chi connectivity index (χ4n) is 1.74. The third kappa shape index (κ3) is 3.92. The minimum atomic E-state index is -0.334. The molecule has 0 atom stereocenters. The lowest BCUT2D eigenvalue weighted by atomic mass is 9.96. The normalized spacial score (nSPS) is 11.6. The molecule has 0 spiro atoms. The summed E-state index contributed by atoms with van der Waals surface area (Å²) < 4.78 is 14.1. The number of halogens is 3. The van der Waals surface area contributed by atoms with Crippen LogP contribution in [-0.4, -0.2) is 9.97 Å². The molecule has 1 heterocycles. The zero-order chi connectivity index (χ0) is 15.8. The van der Waals surface area contributed by atoms with Crippen LogP contribution in [0.4, 0.5) is 15.9 Å². The topological polar surface area (TPSA) is 37.8 Å². The SMILES string of the molecule is Cc1cc(Br)c(F)cc1Nc1cc(Cl)nc(C(C)(C)C)n1. The first kappa shape index (κ1) is 16.2. The minimum Gasteiger partial charge on any atom is -0.340 e. The van der Waals surface area contributed by atoms with Crippen molar-refractivity contribution in [2.75, 3.05) is 5.32 Å². The van der Waals surface area contributed by atoms with Crippen molar-refractivity contribution in [1.82, 2.24) is 9.97 Å². The monoisotopic (exact) mass is 371 g/mol. The molecule has 112 valence electrons. The van der Waals surface area contributed by atoms with E-state index >= 15 is 0 Å². The Bertz CT molecular complexity index is 683. The van der Waals surface area contributed by atoms with Gasteiger partial charge in [-0.1, -0.05) is 32.4 Å². The third-order valence-electron chi connectivity index (χ3n) is 2.90. The van der Waals surface area contributed by atoms with E-state index in [1.165, 1.54) is 6.07 Å². The predicted octanol–water partition coefficient (Wildman–Crippen LogP) is 5.38. The van der Waals surface area contributed by atoms with E-state index in [-0.39, 0.29) is 11.2 Å². The van der Waals surface area contributed by atoms with Crippen molar-refractivity contribution in [2.24, 2.45) is 0 Å². The van der Waals surface area contributed by atoms with Crippen molar-refractivity contribution in [3.8, 4) is 0 Å². The molecule has 0 saturated heterocycles. The van der Waals surface area contributed by atoms with Gasteiger partial charge in [0.1, 0.15) is 22.6 Å². The summed E-state index contributed by atoms with van der Waals surface area (Å²) in [5.74, 6) is 0.844. The van der Waals surface area contributed by atoms with E-state index in [0.717, 1.165) is 5.56 Å². The van der Waals surface area contributed by atoms with Crippen molar-refractivity contribution in [1.29, 1.82) is 0 Å². The maximum absolute atomic E-state index is 13.7. The van der Waals surface area contributed by atoms with Crippen molar-refractivity contribution in [3.05, 3.63) is 45.0 Å². The van der Waals surface area contributed by atoms with E-state index in [1.807, 2.05) is 27.7 Å². The Morgan fingerprint density at radius 2 is 1.86 bits per heavy atom. The average Bonchev–Trinajstić information content (AvgIpc) is 2.34. The first-order chi connectivity index (χ1) is 9.66. The molecule has 3 nitrogen and oxygen atoms in total. The Morgan fingerprint density at radius 1 is 1.19 bits per heavy atom. The highest BCUT2D eigenvalue weighted by Crippen LogP contribution is 2.28. The molecule has 0 aliphatic carbocycles. The second kappa shape index (κ2) is 5.89. The van der Waals surface area contributed by atoms with Crippen LogP contribution < -0.4 is 5.32 Å². The first-order valence-corrected chi connectivity index (χ1v) is 7.61. The first-order valence-electron chi connectivity index (χ1n) is 6.44. The summed E-state index contributed by atoms with van der Waals surface area (Å²) in [4.78, 5) is 8.69. The summed E-state index contributed by atoms with van der Waals surface area (Å²) in [6.45, 7) is 7.91. The highest BCUT2D eigenvalue weighted by atomic mass is 79.9. The zero-order valence-corrected chi connectivity index (χ0v) is 14.6. The summed E-state index contributed by atoms with van der Waals surface area (Å²) in [6.07, 6.45) is 0. The standard InChI is InChI=1S/C15H16BrClFN3/c1-8-5-9(16)10(18)6-11(8)19-13-7-12(17)20-14(21-13)15(2,3)4/h5-7H,1-4H3,(H,19,20,21). The molecule has 1 N–H and O–H groups in total. The summed E-state index contributed by atoms with van der Waals surface area (Å²) >= 11 is 9.21. The number of hydrogen-bond donors (Lipinski definition) is 1. The molecule has 0 bridgehead atoms. The number of hydrogen-bond acceptors (Lipinski definition) is 3. The maximum atomic E-state index is 13.7. The minimum absolute atomic E-state index is 0.221. The summed E-state index contributed by atoms with van der Waals surface area (Å²) in [7, 11) is 0. The van der Waals surface area contributed by atoms with Gasteiger partial charge in [0.05, 0.1) is 4.47 Å². The van der Waals surface area contributed by atoms with E-state index in [1.54, 1.807) is 12.1 Å². The lowest BCUT2D eigenvalue weighted by Gasteiger charge is -2.18. The Hall–Kier alpha value is -1.20. The lowest BCUT2D eigenvalue weighted by molar-refractivity contribution is 0.546. The second-order valence-electron chi connectivity index (χ2n) is 5.86. The summed E-state index contributed by atoms with van der Waals surface area (Å²) in [5, 5.41) is 3.45. The Morgan fingerprint density at radius 3 is 2.48 bits per heavy atom. The third-order valence-corrected chi connectivity index (χ3v) is 3.70. The van der Waals surface area contributed by atoms with Crippen molar-refractivity contribution < 1.29 is 4.39 Å². The molecule has 2 aromatic rings. The van der Waals surface area contributed by atoms with Gasteiger partial charge in [-0.15, -0.1) is 0 Å². The van der Waals surface area contributed by atoms with Gasteiger partial charge in [-0.25, -0.2) is 14.4 Å². The Labute approximate surface area is 137 Å². The molecule has 1 aromatic heterocycles. The smallest absolute Gasteiger partial charge is 0.139 e. The van der Waals surface area contributed by atoms with Gasteiger partial charge in [0, 0.05) is 17.2 Å².